The predicted molar refractivity (Wildman–Crippen MR) is 175 cm³/mol. The fourth-order valence-electron chi connectivity index (χ4n) is 5.14. The molecular weight excluding hydrogens is 622 g/mol. The number of carbonyl (C=O) groups excluding carboxylic acids is 1. The van der Waals surface area contributed by atoms with Crippen molar-refractivity contribution in [1.29, 1.82) is 0 Å². The fraction of sp³-hybridized carbons (Fsp3) is 0.278. The van der Waals surface area contributed by atoms with Crippen LogP contribution in [0.5, 0.6) is 23.0 Å². The van der Waals surface area contributed by atoms with Gasteiger partial charge in [0.1, 0.15) is 23.7 Å². The molecule has 12 heteroatoms. The molecule has 0 aliphatic rings. The lowest BCUT2D eigenvalue weighted by atomic mass is 9.80. The Hall–Kier alpha value is -5.62. The van der Waals surface area contributed by atoms with Crippen LogP contribution in [0.4, 0.5) is 5.69 Å². The lowest BCUT2D eigenvalue weighted by Crippen LogP contribution is -2.33. The molecule has 0 aliphatic heterocycles. The van der Waals surface area contributed by atoms with Crippen LogP contribution in [0.3, 0.4) is 0 Å². The van der Waals surface area contributed by atoms with Gasteiger partial charge in [0, 0.05) is 13.0 Å². The summed E-state index contributed by atoms with van der Waals surface area (Å²) in [6.07, 6.45) is -0.0222. The first-order valence-corrected chi connectivity index (χ1v) is 15.1. The number of carbonyl (C=O) groups is 2. The molecule has 0 spiro atoms. The molecule has 48 heavy (non-hydrogen) atoms. The Labute approximate surface area is 277 Å². The van der Waals surface area contributed by atoms with Gasteiger partial charge in [-0.05, 0) is 53.4 Å². The second-order valence-corrected chi connectivity index (χ2v) is 10.5. The molecule has 0 radical (unpaired) electrons. The van der Waals surface area contributed by atoms with Gasteiger partial charge >= 0.3 is 11.9 Å². The molecule has 1 N–H and O–H groups in total. The van der Waals surface area contributed by atoms with Crippen LogP contribution in [0.25, 0.3) is 0 Å². The minimum absolute atomic E-state index is 0.00768. The van der Waals surface area contributed by atoms with Crippen molar-refractivity contribution in [2.45, 2.75) is 31.5 Å². The molecule has 0 fully saturated rings. The molecule has 0 saturated carbocycles. The van der Waals surface area contributed by atoms with Gasteiger partial charge in [-0.25, -0.2) is 0 Å². The molecule has 0 heterocycles. The number of benzene rings is 4. The molecule has 0 amide bonds. The Morgan fingerprint density at radius 3 is 1.85 bits per heavy atom. The number of hydrogen-bond donors (Lipinski definition) is 1. The number of rotatable bonds is 18. The zero-order chi connectivity index (χ0) is 34.5. The van der Waals surface area contributed by atoms with Crippen molar-refractivity contribution in [1.82, 2.24) is 0 Å². The van der Waals surface area contributed by atoms with Gasteiger partial charge in [0.2, 0.25) is 0 Å². The first kappa shape index (κ1) is 35.2. The summed E-state index contributed by atoms with van der Waals surface area (Å²) < 4.78 is 33.6. The molecule has 12 nitrogen and oxygen atoms in total. The van der Waals surface area contributed by atoms with Gasteiger partial charge in [-0.3, -0.25) is 19.7 Å². The van der Waals surface area contributed by atoms with Crippen LogP contribution in [0.2, 0.25) is 0 Å². The van der Waals surface area contributed by atoms with Crippen molar-refractivity contribution >= 4 is 17.6 Å². The molecule has 252 valence electrons. The Bertz CT molecular complexity index is 1630. The van der Waals surface area contributed by atoms with E-state index < -0.39 is 22.5 Å². The van der Waals surface area contributed by atoms with Crippen LogP contribution in [0.15, 0.2) is 91.0 Å². The van der Waals surface area contributed by atoms with Crippen molar-refractivity contribution < 1.29 is 48.0 Å². The molecule has 0 bridgehead atoms. The van der Waals surface area contributed by atoms with Gasteiger partial charge in [0.05, 0.1) is 50.9 Å². The maximum atomic E-state index is 12.8. The second-order valence-electron chi connectivity index (χ2n) is 10.5. The molecule has 0 atom stereocenters. The zero-order valence-corrected chi connectivity index (χ0v) is 26.9. The molecule has 0 aromatic heterocycles. The number of esters is 1. The van der Waals surface area contributed by atoms with Crippen LogP contribution < -0.4 is 18.9 Å². The molecule has 4 rings (SSSR count). The number of hydrogen-bond acceptors (Lipinski definition) is 10. The number of ether oxygens (including phenoxy) is 6. The van der Waals surface area contributed by atoms with Gasteiger partial charge in [-0.15, -0.1) is 0 Å². The highest BCUT2D eigenvalue weighted by Gasteiger charge is 2.37. The standard InChI is InChI=1S/C36H37NO11/c1-43-29-15-11-27(12-16-29)36(26-8-5-4-6-9-26,28-13-17-30(44-2)18-14-28)48-20-7-10-35(40)47-24-25-22-32(45-3)33(23-31(25)37(41)42)46-21-19-34(38)39/h4-6,8-9,11-18,22-23H,7,10,19-21,24H2,1-3H3,(H,38,39). The minimum atomic E-state index is -1.08. The summed E-state index contributed by atoms with van der Waals surface area (Å²) in [6, 6.07) is 27.4. The van der Waals surface area contributed by atoms with E-state index in [2.05, 4.69) is 0 Å². The monoisotopic (exact) mass is 659 g/mol. The third-order valence-electron chi connectivity index (χ3n) is 7.54. The highest BCUT2D eigenvalue weighted by molar-refractivity contribution is 5.69. The predicted octanol–water partition coefficient (Wildman–Crippen LogP) is 6.31. The molecule has 0 aliphatic carbocycles. The van der Waals surface area contributed by atoms with Gasteiger partial charge in [0.15, 0.2) is 11.5 Å². The number of aliphatic carboxylic acids is 1. The number of carboxylic acids is 1. The number of carboxylic acid groups (broad SMARTS) is 1. The van der Waals surface area contributed by atoms with Crippen molar-refractivity contribution in [2.75, 3.05) is 34.5 Å². The number of nitrogens with zero attached hydrogens (tertiary/aromatic N) is 1. The van der Waals surface area contributed by atoms with Crippen LogP contribution in [0, 0.1) is 10.1 Å². The zero-order valence-electron chi connectivity index (χ0n) is 26.9. The Kier molecular flexibility index (Phi) is 12.3. The van der Waals surface area contributed by atoms with Crippen LogP contribution in [0.1, 0.15) is 41.5 Å². The summed E-state index contributed by atoms with van der Waals surface area (Å²) in [7, 11) is 4.54. The van der Waals surface area contributed by atoms with Crippen LogP contribution in [-0.4, -0.2) is 56.5 Å². The van der Waals surface area contributed by atoms with Gasteiger partial charge in [-0.2, -0.15) is 0 Å². The first-order valence-electron chi connectivity index (χ1n) is 15.1. The Morgan fingerprint density at radius 2 is 1.33 bits per heavy atom. The van der Waals surface area contributed by atoms with Gasteiger partial charge < -0.3 is 33.5 Å². The van der Waals surface area contributed by atoms with Crippen molar-refractivity contribution in [3.63, 3.8) is 0 Å². The molecule has 0 saturated heterocycles. The summed E-state index contributed by atoms with van der Waals surface area (Å²) in [5.74, 6) is -0.127. The molecule has 4 aromatic rings. The largest absolute Gasteiger partial charge is 0.497 e. The average Bonchev–Trinajstić information content (AvgIpc) is 3.11. The summed E-state index contributed by atoms with van der Waals surface area (Å²) in [4.78, 5) is 34.8. The van der Waals surface area contributed by atoms with E-state index in [0.717, 1.165) is 22.8 Å². The van der Waals surface area contributed by atoms with Crippen molar-refractivity contribution in [3.8, 4) is 23.0 Å². The first-order chi connectivity index (χ1) is 23.2. The van der Waals surface area contributed by atoms with E-state index in [-0.39, 0.29) is 55.4 Å². The van der Waals surface area contributed by atoms with E-state index in [0.29, 0.717) is 17.9 Å². The van der Waals surface area contributed by atoms with E-state index in [9.17, 15) is 19.7 Å². The molecular formula is C36H37NO11. The molecule has 0 unspecified atom stereocenters. The lowest BCUT2D eigenvalue weighted by Gasteiger charge is -2.36. The summed E-state index contributed by atoms with van der Waals surface area (Å²) >= 11 is 0. The van der Waals surface area contributed by atoms with Crippen LogP contribution >= 0.6 is 0 Å². The maximum absolute atomic E-state index is 12.8. The van der Waals surface area contributed by atoms with Crippen molar-refractivity contribution in [2.24, 2.45) is 0 Å². The summed E-state index contributed by atoms with van der Waals surface area (Å²) in [5, 5.41) is 20.6. The van der Waals surface area contributed by atoms with E-state index in [1.807, 2.05) is 78.9 Å². The van der Waals surface area contributed by atoms with E-state index in [1.54, 1.807) is 14.2 Å². The highest BCUT2D eigenvalue weighted by Crippen LogP contribution is 2.42. The number of methoxy groups -OCH3 is 3. The number of nitro benzene ring substituents is 1. The fourth-order valence-corrected chi connectivity index (χ4v) is 5.14. The van der Waals surface area contributed by atoms with E-state index >= 15 is 0 Å². The average molecular weight is 660 g/mol. The smallest absolute Gasteiger partial charge is 0.306 e. The summed E-state index contributed by atoms with van der Waals surface area (Å²) in [5.41, 5.74) is 1.25. The van der Waals surface area contributed by atoms with Crippen molar-refractivity contribution in [3.05, 3.63) is 123 Å². The Morgan fingerprint density at radius 1 is 0.750 bits per heavy atom. The number of nitro groups is 1. The normalized spacial score (nSPS) is 11.0. The Balaban J connectivity index is 1.50. The highest BCUT2D eigenvalue weighted by atomic mass is 16.6. The third kappa shape index (κ3) is 8.59. The SMILES string of the molecule is COc1ccc(C(OCCCC(=O)OCc2cc(OC)c(OCCC(=O)O)cc2[N+](=O)[O-])(c2ccccc2)c2ccc(OC)cc2)cc1. The lowest BCUT2D eigenvalue weighted by molar-refractivity contribution is -0.385. The quantitative estimate of drug-likeness (QED) is 0.0421. The van der Waals surface area contributed by atoms with Crippen LogP contribution in [-0.2, 0) is 31.3 Å². The second kappa shape index (κ2) is 16.8. The van der Waals surface area contributed by atoms with E-state index in [1.165, 1.54) is 13.2 Å². The molecule has 4 aromatic carbocycles. The van der Waals surface area contributed by atoms with Gasteiger partial charge in [-0.1, -0.05) is 54.6 Å². The van der Waals surface area contributed by atoms with E-state index in [4.69, 9.17) is 33.5 Å². The third-order valence-corrected chi connectivity index (χ3v) is 7.54. The maximum Gasteiger partial charge on any atom is 0.306 e. The topological polar surface area (TPSA) is 153 Å². The van der Waals surface area contributed by atoms with Gasteiger partial charge in [0.25, 0.3) is 5.69 Å². The summed E-state index contributed by atoms with van der Waals surface area (Å²) in [6.45, 7) is -0.423. The minimum Gasteiger partial charge on any atom is -0.497 e.